The first kappa shape index (κ1) is 37.4. The summed E-state index contributed by atoms with van der Waals surface area (Å²) in [6, 6.07) is 14.6. The molecule has 2 aromatic carbocycles. The van der Waals surface area contributed by atoms with Crippen molar-refractivity contribution >= 4 is 29.3 Å². The number of aryl methyl sites for hydroxylation is 1. The van der Waals surface area contributed by atoms with Crippen molar-refractivity contribution in [3.05, 3.63) is 77.1 Å². The molecule has 0 aliphatic carbocycles. The van der Waals surface area contributed by atoms with Crippen LogP contribution in [0.3, 0.4) is 0 Å². The summed E-state index contributed by atoms with van der Waals surface area (Å²) in [7, 11) is 1.44. The fourth-order valence-electron chi connectivity index (χ4n) is 5.49. The van der Waals surface area contributed by atoms with Crippen LogP contribution in [-0.2, 0) is 26.2 Å². The summed E-state index contributed by atoms with van der Waals surface area (Å²) in [5.74, 6) is 0.852. The predicted octanol–water partition coefficient (Wildman–Crippen LogP) is 8.47. The Labute approximate surface area is 291 Å². The molecule has 0 spiro atoms. The molecule has 3 aromatic rings. The fourth-order valence-corrected chi connectivity index (χ4v) is 5.49. The van der Waals surface area contributed by atoms with E-state index in [4.69, 9.17) is 14.3 Å². The van der Waals surface area contributed by atoms with Crippen molar-refractivity contribution in [3.63, 3.8) is 0 Å². The van der Waals surface area contributed by atoms with Gasteiger partial charge in [0.2, 0.25) is 5.91 Å². The van der Waals surface area contributed by atoms with Crippen molar-refractivity contribution in [2.45, 2.75) is 92.6 Å². The summed E-state index contributed by atoms with van der Waals surface area (Å²) < 4.78 is 11.9. The number of rotatable bonds is 9. The maximum absolute atomic E-state index is 13.9. The smallest absolute Gasteiger partial charge is 0.410 e. The van der Waals surface area contributed by atoms with Crippen LogP contribution in [0.25, 0.3) is 0 Å². The molecule has 0 saturated carbocycles. The number of benzene rings is 2. The third-order valence-corrected chi connectivity index (χ3v) is 8.39. The first-order valence-electron chi connectivity index (χ1n) is 17.0. The monoisotopic (exact) mass is 672 g/mol. The number of hydroxylamine groups is 1. The van der Waals surface area contributed by atoms with E-state index in [1.807, 2.05) is 65.8 Å². The van der Waals surface area contributed by atoms with Crippen LogP contribution < -0.4 is 15.1 Å². The highest BCUT2D eigenvalue weighted by Gasteiger charge is 2.28. The number of piperidine rings is 1. The van der Waals surface area contributed by atoms with Crippen LogP contribution >= 0.6 is 0 Å². The van der Waals surface area contributed by atoms with Gasteiger partial charge in [-0.1, -0.05) is 40.7 Å². The fraction of sp³-hybridized carbons (Fsp3) is 0.487. The first-order valence-corrected chi connectivity index (χ1v) is 17.0. The lowest BCUT2D eigenvalue weighted by atomic mass is 9.86. The summed E-state index contributed by atoms with van der Waals surface area (Å²) in [6.07, 6.45) is 3.98. The van der Waals surface area contributed by atoms with E-state index < -0.39 is 5.60 Å². The molecule has 10 heteroatoms. The first-order chi connectivity index (χ1) is 22.9. The van der Waals surface area contributed by atoms with E-state index in [-0.39, 0.29) is 29.2 Å². The molecular weight excluding hydrogens is 620 g/mol. The van der Waals surface area contributed by atoms with Gasteiger partial charge < -0.3 is 19.7 Å². The topological polar surface area (TPSA) is 110 Å². The lowest BCUT2D eigenvalue weighted by Gasteiger charge is -2.33. The standard InChI is InChI=1S/C39H52N4O6/c1-25(2)35(44)41-31-21-29(38(4,5)6)22-32(23-31)43(47-10)36(45)28-12-11-26(3)34(20-28)48-33-13-16-40-30(24-33)19-27-14-17-42(18-15-27)37(46)49-39(7,8)9/h11-13,16,20-25,27H,14-15,17-19H2,1-10H3,(H,41,44). The zero-order valence-electron chi connectivity index (χ0n) is 30.7. The molecule has 0 bridgehead atoms. The van der Waals surface area contributed by atoms with Crippen molar-refractivity contribution in [1.29, 1.82) is 0 Å². The molecule has 1 N–H and O–H groups in total. The Hall–Kier alpha value is -4.44. The number of carbonyl (C=O) groups is 3. The number of nitrogens with one attached hydrogen (secondary N) is 1. The van der Waals surface area contributed by atoms with Crippen molar-refractivity contribution in [3.8, 4) is 11.5 Å². The lowest BCUT2D eigenvalue weighted by molar-refractivity contribution is -0.118. The Morgan fingerprint density at radius 3 is 2.29 bits per heavy atom. The minimum absolute atomic E-state index is 0.115. The van der Waals surface area contributed by atoms with E-state index in [1.165, 1.54) is 12.2 Å². The molecule has 1 saturated heterocycles. The second kappa shape index (κ2) is 15.4. The van der Waals surface area contributed by atoms with Gasteiger partial charge in [-0.2, -0.15) is 5.06 Å². The number of amides is 3. The number of aromatic nitrogens is 1. The number of carbonyl (C=O) groups excluding carboxylic acids is 3. The van der Waals surface area contributed by atoms with Crippen molar-refractivity contribution in [2.24, 2.45) is 11.8 Å². The minimum atomic E-state index is -0.512. The summed E-state index contributed by atoms with van der Waals surface area (Å²) in [5.41, 5.74) is 3.41. The molecule has 0 unspecified atom stereocenters. The number of hydrogen-bond acceptors (Lipinski definition) is 7. The van der Waals surface area contributed by atoms with E-state index in [0.717, 1.165) is 36.1 Å². The number of likely N-dealkylation sites (tertiary alicyclic amines) is 1. The average Bonchev–Trinajstić information content (AvgIpc) is 3.01. The van der Waals surface area contributed by atoms with Crippen molar-refractivity contribution in [1.82, 2.24) is 9.88 Å². The summed E-state index contributed by atoms with van der Waals surface area (Å²) in [5, 5.41) is 4.19. The van der Waals surface area contributed by atoms with Crippen LogP contribution in [0, 0.1) is 18.8 Å². The average molecular weight is 673 g/mol. The molecule has 1 fully saturated rings. The molecule has 1 aromatic heterocycles. The highest BCUT2D eigenvalue weighted by molar-refractivity contribution is 6.05. The summed E-state index contributed by atoms with van der Waals surface area (Å²) in [6.45, 7) is 18.7. The summed E-state index contributed by atoms with van der Waals surface area (Å²) >= 11 is 0. The molecule has 0 atom stereocenters. The third-order valence-electron chi connectivity index (χ3n) is 8.39. The maximum atomic E-state index is 13.9. The molecular formula is C39H52N4O6. The largest absolute Gasteiger partial charge is 0.457 e. The van der Waals surface area contributed by atoms with Gasteiger partial charge in [0.15, 0.2) is 0 Å². The van der Waals surface area contributed by atoms with E-state index in [1.54, 1.807) is 35.4 Å². The van der Waals surface area contributed by atoms with Crippen molar-refractivity contribution < 1.29 is 28.7 Å². The Morgan fingerprint density at radius 1 is 0.980 bits per heavy atom. The van der Waals surface area contributed by atoms with Gasteiger partial charge in [0, 0.05) is 48.2 Å². The zero-order valence-corrected chi connectivity index (χ0v) is 30.7. The second-order valence-corrected chi connectivity index (χ2v) is 15.1. The van der Waals surface area contributed by atoms with Crippen LogP contribution in [0.5, 0.6) is 11.5 Å². The minimum Gasteiger partial charge on any atom is -0.457 e. The maximum Gasteiger partial charge on any atom is 0.410 e. The van der Waals surface area contributed by atoms with E-state index in [0.29, 0.717) is 47.4 Å². The van der Waals surface area contributed by atoms with Crippen LogP contribution in [0.1, 0.15) is 95.4 Å². The molecule has 49 heavy (non-hydrogen) atoms. The normalized spacial score (nSPS) is 14.1. The quantitative estimate of drug-likeness (QED) is 0.227. The Kier molecular flexibility index (Phi) is 11.8. The Morgan fingerprint density at radius 2 is 1.67 bits per heavy atom. The predicted molar refractivity (Wildman–Crippen MR) is 192 cm³/mol. The SMILES string of the molecule is CON(C(=O)c1ccc(C)c(Oc2ccnc(CC3CCN(C(=O)OC(C)(C)C)CC3)c2)c1)c1cc(NC(=O)C(C)C)cc(C(C)(C)C)c1. The summed E-state index contributed by atoms with van der Waals surface area (Å²) in [4.78, 5) is 50.9. The number of nitrogens with zero attached hydrogens (tertiary/aromatic N) is 3. The third kappa shape index (κ3) is 10.3. The number of hydrogen-bond donors (Lipinski definition) is 1. The van der Waals surface area contributed by atoms with Gasteiger partial charge in [0.05, 0.1) is 12.8 Å². The van der Waals surface area contributed by atoms with Gasteiger partial charge in [0.25, 0.3) is 5.91 Å². The second-order valence-electron chi connectivity index (χ2n) is 15.1. The van der Waals surface area contributed by atoms with E-state index >= 15 is 0 Å². The van der Waals surface area contributed by atoms with E-state index in [9.17, 15) is 14.4 Å². The van der Waals surface area contributed by atoms with E-state index in [2.05, 4.69) is 31.1 Å². The molecule has 0 radical (unpaired) electrons. The zero-order chi connectivity index (χ0) is 36.1. The van der Waals surface area contributed by atoms with Crippen LogP contribution in [0.2, 0.25) is 0 Å². The Bertz CT molecular complexity index is 1650. The highest BCUT2D eigenvalue weighted by atomic mass is 16.7. The molecule has 1 aliphatic heterocycles. The number of pyridine rings is 1. The van der Waals surface area contributed by atoms with Gasteiger partial charge in [0.1, 0.15) is 17.1 Å². The molecule has 3 amide bonds. The number of ether oxygens (including phenoxy) is 2. The van der Waals surface area contributed by atoms with Crippen LogP contribution in [0.4, 0.5) is 16.2 Å². The van der Waals surface area contributed by atoms with Gasteiger partial charge >= 0.3 is 6.09 Å². The van der Waals surface area contributed by atoms with Gasteiger partial charge in [-0.3, -0.25) is 19.4 Å². The molecule has 264 valence electrons. The number of anilines is 2. The molecule has 2 heterocycles. The highest BCUT2D eigenvalue weighted by Crippen LogP contribution is 2.33. The van der Waals surface area contributed by atoms with Gasteiger partial charge in [-0.15, -0.1) is 0 Å². The molecule has 10 nitrogen and oxygen atoms in total. The van der Waals surface area contributed by atoms with Crippen molar-refractivity contribution in [2.75, 3.05) is 30.6 Å². The molecule has 1 aliphatic rings. The van der Waals surface area contributed by atoms with Crippen LogP contribution in [-0.4, -0.2) is 53.6 Å². The van der Waals surface area contributed by atoms with Crippen LogP contribution in [0.15, 0.2) is 54.7 Å². The Balaban J connectivity index is 1.49. The molecule has 4 rings (SSSR count). The van der Waals surface area contributed by atoms with Gasteiger partial charge in [-0.05, 0) is 106 Å². The van der Waals surface area contributed by atoms with Gasteiger partial charge in [-0.25, -0.2) is 4.79 Å². The lowest BCUT2D eigenvalue weighted by Crippen LogP contribution is -2.42.